The number of nitrogens with one attached hydrogen (secondary N) is 1. The van der Waals surface area contributed by atoms with Crippen molar-refractivity contribution < 1.29 is 13.2 Å². The van der Waals surface area contributed by atoms with E-state index < -0.39 is 5.51 Å². The molecule has 0 spiro atoms. The summed E-state index contributed by atoms with van der Waals surface area (Å²) in [6.45, 7) is 4.05. The smallest absolute Gasteiger partial charge is 0.379 e. The Morgan fingerprint density at radius 3 is 2.29 bits per heavy atom. The summed E-state index contributed by atoms with van der Waals surface area (Å²) in [5, 5.41) is 3.28. The molecule has 1 unspecified atom stereocenters. The highest BCUT2D eigenvalue weighted by atomic mass is 32.2. The molecular formula is C16H16F3NS. The molecule has 0 aliphatic rings. The maximum absolute atomic E-state index is 12.3. The molecule has 2 rings (SSSR count). The number of hydrogen-bond acceptors (Lipinski definition) is 2. The number of alkyl halides is 3. The van der Waals surface area contributed by atoms with Crippen LogP contribution in [0.5, 0.6) is 0 Å². The molecule has 0 radical (unpaired) electrons. The van der Waals surface area contributed by atoms with E-state index in [-0.39, 0.29) is 22.7 Å². The molecule has 0 heterocycles. The van der Waals surface area contributed by atoms with Gasteiger partial charge >= 0.3 is 5.51 Å². The summed E-state index contributed by atoms with van der Waals surface area (Å²) in [7, 11) is 0. The zero-order valence-corrected chi connectivity index (χ0v) is 12.6. The SMILES string of the molecule is Cc1cccc(C(C)Nc2ccc(SC(F)(F)F)cc2)c1. The molecule has 0 aromatic heterocycles. The highest BCUT2D eigenvalue weighted by molar-refractivity contribution is 8.00. The lowest BCUT2D eigenvalue weighted by atomic mass is 10.1. The van der Waals surface area contributed by atoms with Crippen molar-refractivity contribution in [2.75, 3.05) is 5.32 Å². The van der Waals surface area contributed by atoms with E-state index in [1.807, 2.05) is 32.0 Å². The molecule has 0 aliphatic heterocycles. The normalized spacial score (nSPS) is 13.0. The maximum atomic E-state index is 12.3. The third-order valence-electron chi connectivity index (χ3n) is 3.01. The average Bonchev–Trinajstić information content (AvgIpc) is 2.39. The molecule has 0 aliphatic carbocycles. The lowest BCUT2D eigenvalue weighted by Crippen LogP contribution is -2.06. The molecule has 2 aromatic carbocycles. The summed E-state index contributed by atoms with van der Waals surface area (Å²) >= 11 is -0.101. The first kappa shape index (κ1) is 15.8. The van der Waals surface area contributed by atoms with E-state index in [0.717, 1.165) is 11.3 Å². The van der Waals surface area contributed by atoms with Crippen LogP contribution in [0.25, 0.3) is 0 Å². The van der Waals surface area contributed by atoms with Crippen LogP contribution in [0.15, 0.2) is 53.4 Å². The van der Waals surface area contributed by atoms with Crippen LogP contribution in [0.2, 0.25) is 0 Å². The number of rotatable bonds is 4. The van der Waals surface area contributed by atoms with E-state index in [1.54, 1.807) is 12.1 Å². The Kier molecular flexibility index (Phi) is 4.83. The average molecular weight is 311 g/mol. The maximum Gasteiger partial charge on any atom is 0.446 e. The Bertz CT molecular complexity index is 593. The first-order valence-corrected chi connectivity index (χ1v) is 7.34. The molecule has 0 bridgehead atoms. The second-order valence-electron chi connectivity index (χ2n) is 4.85. The summed E-state index contributed by atoms with van der Waals surface area (Å²) in [5.41, 5.74) is -1.12. The summed E-state index contributed by atoms with van der Waals surface area (Å²) < 4.78 is 36.8. The summed E-state index contributed by atoms with van der Waals surface area (Å²) in [5.74, 6) is 0. The van der Waals surface area contributed by atoms with Gasteiger partial charge in [0.1, 0.15) is 0 Å². The van der Waals surface area contributed by atoms with E-state index in [2.05, 4.69) is 11.4 Å². The molecule has 1 atom stereocenters. The van der Waals surface area contributed by atoms with Gasteiger partial charge in [-0.05, 0) is 55.4 Å². The van der Waals surface area contributed by atoms with Crippen molar-refractivity contribution in [2.45, 2.75) is 30.3 Å². The number of anilines is 1. The van der Waals surface area contributed by atoms with Crippen LogP contribution in [0.4, 0.5) is 18.9 Å². The topological polar surface area (TPSA) is 12.0 Å². The van der Waals surface area contributed by atoms with Crippen LogP contribution in [-0.2, 0) is 0 Å². The molecule has 5 heteroatoms. The minimum absolute atomic E-state index is 0.0889. The summed E-state index contributed by atoms with van der Waals surface area (Å²) in [6, 6.07) is 14.5. The van der Waals surface area contributed by atoms with Crippen molar-refractivity contribution in [1.29, 1.82) is 0 Å². The fourth-order valence-corrected chi connectivity index (χ4v) is 2.57. The van der Waals surface area contributed by atoms with Crippen molar-refractivity contribution in [1.82, 2.24) is 0 Å². The third-order valence-corrected chi connectivity index (χ3v) is 3.75. The molecule has 0 saturated heterocycles. The lowest BCUT2D eigenvalue weighted by Gasteiger charge is -2.16. The van der Waals surface area contributed by atoms with Crippen LogP contribution in [-0.4, -0.2) is 5.51 Å². The molecule has 0 saturated carbocycles. The van der Waals surface area contributed by atoms with Gasteiger partial charge in [0, 0.05) is 16.6 Å². The van der Waals surface area contributed by atoms with Crippen LogP contribution in [0.1, 0.15) is 24.1 Å². The molecule has 1 nitrogen and oxygen atoms in total. The van der Waals surface area contributed by atoms with Crippen molar-refractivity contribution >= 4 is 17.4 Å². The summed E-state index contributed by atoms with van der Waals surface area (Å²) in [4.78, 5) is 0.191. The van der Waals surface area contributed by atoms with Crippen LogP contribution in [0.3, 0.4) is 0 Å². The summed E-state index contributed by atoms with van der Waals surface area (Å²) in [6.07, 6.45) is 0. The van der Waals surface area contributed by atoms with E-state index >= 15 is 0 Å². The first-order valence-electron chi connectivity index (χ1n) is 6.52. The largest absolute Gasteiger partial charge is 0.446 e. The predicted molar refractivity (Wildman–Crippen MR) is 81.6 cm³/mol. The van der Waals surface area contributed by atoms with Crippen LogP contribution >= 0.6 is 11.8 Å². The zero-order chi connectivity index (χ0) is 15.5. The minimum atomic E-state index is -4.25. The van der Waals surface area contributed by atoms with E-state index in [9.17, 15) is 13.2 Å². The number of thioether (sulfide) groups is 1. The molecule has 2 aromatic rings. The Hall–Kier alpha value is -1.62. The predicted octanol–water partition coefficient (Wildman–Crippen LogP) is 5.78. The molecular weight excluding hydrogens is 295 g/mol. The van der Waals surface area contributed by atoms with Crippen molar-refractivity contribution in [2.24, 2.45) is 0 Å². The standard InChI is InChI=1S/C16H16F3NS/c1-11-4-3-5-13(10-11)12(2)20-14-6-8-15(9-7-14)21-16(17,18)19/h3-10,12,20H,1-2H3. The van der Waals surface area contributed by atoms with Gasteiger partial charge in [0.15, 0.2) is 0 Å². The van der Waals surface area contributed by atoms with Gasteiger partial charge in [0.25, 0.3) is 0 Å². The second kappa shape index (κ2) is 6.43. The van der Waals surface area contributed by atoms with Gasteiger partial charge in [-0.2, -0.15) is 13.2 Å². The van der Waals surface area contributed by atoms with Gasteiger partial charge in [-0.15, -0.1) is 0 Å². The molecule has 1 N–H and O–H groups in total. The molecule has 0 fully saturated rings. The molecule has 21 heavy (non-hydrogen) atoms. The van der Waals surface area contributed by atoms with Crippen molar-refractivity contribution in [3.63, 3.8) is 0 Å². The van der Waals surface area contributed by atoms with Crippen LogP contribution < -0.4 is 5.32 Å². The van der Waals surface area contributed by atoms with E-state index in [0.29, 0.717) is 0 Å². The fourth-order valence-electron chi connectivity index (χ4n) is 2.03. The van der Waals surface area contributed by atoms with Gasteiger partial charge in [0.2, 0.25) is 0 Å². The van der Waals surface area contributed by atoms with Crippen molar-refractivity contribution in [3.05, 3.63) is 59.7 Å². The second-order valence-corrected chi connectivity index (χ2v) is 5.99. The lowest BCUT2D eigenvalue weighted by molar-refractivity contribution is -0.0328. The van der Waals surface area contributed by atoms with Gasteiger partial charge < -0.3 is 5.32 Å². The van der Waals surface area contributed by atoms with Gasteiger partial charge in [-0.1, -0.05) is 29.8 Å². The monoisotopic (exact) mass is 311 g/mol. The quantitative estimate of drug-likeness (QED) is 0.718. The Morgan fingerprint density at radius 2 is 1.71 bits per heavy atom. The van der Waals surface area contributed by atoms with Gasteiger partial charge in [-0.3, -0.25) is 0 Å². The molecule has 112 valence electrons. The van der Waals surface area contributed by atoms with Crippen LogP contribution in [0, 0.1) is 6.92 Å². The highest BCUT2D eigenvalue weighted by Gasteiger charge is 2.28. The van der Waals surface area contributed by atoms with Gasteiger partial charge in [0.05, 0.1) is 0 Å². The van der Waals surface area contributed by atoms with Gasteiger partial charge in [-0.25, -0.2) is 0 Å². The van der Waals surface area contributed by atoms with E-state index in [1.165, 1.54) is 17.7 Å². The first-order chi connectivity index (χ1) is 9.83. The molecule has 0 amide bonds. The Balaban J connectivity index is 2.03. The Labute approximate surface area is 126 Å². The number of halogens is 3. The Morgan fingerprint density at radius 1 is 1.05 bits per heavy atom. The number of hydrogen-bond donors (Lipinski definition) is 1. The number of benzene rings is 2. The fraction of sp³-hybridized carbons (Fsp3) is 0.250. The third kappa shape index (κ3) is 5.01. The van der Waals surface area contributed by atoms with E-state index in [4.69, 9.17) is 0 Å². The van der Waals surface area contributed by atoms with Crippen molar-refractivity contribution in [3.8, 4) is 0 Å². The zero-order valence-electron chi connectivity index (χ0n) is 11.7. The number of aryl methyl sites for hydroxylation is 1. The minimum Gasteiger partial charge on any atom is -0.379 e. The highest BCUT2D eigenvalue weighted by Crippen LogP contribution is 2.37.